The van der Waals surface area contributed by atoms with Gasteiger partial charge in [-0.15, -0.1) is 0 Å². The number of rotatable bonds is 13. The van der Waals surface area contributed by atoms with Gasteiger partial charge in [-0.25, -0.2) is 8.78 Å². The van der Waals surface area contributed by atoms with E-state index in [0.717, 1.165) is 50.3 Å². The van der Waals surface area contributed by atoms with Crippen LogP contribution in [0.4, 0.5) is 8.78 Å². The van der Waals surface area contributed by atoms with Gasteiger partial charge < -0.3 is 9.47 Å². The van der Waals surface area contributed by atoms with Crippen LogP contribution in [0.2, 0.25) is 0 Å². The van der Waals surface area contributed by atoms with Gasteiger partial charge in [0.05, 0.1) is 6.61 Å². The second-order valence-electron chi connectivity index (χ2n) is 7.09. The molecule has 0 aliphatic carbocycles. The van der Waals surface area contributed by atoms with Crippen molar-refractivity contribution >= 4 is 11.9 Å². The molecule has 0 saturated carbocycles. The molecule has 0 aliphatic rings. The van der Waals surface area contributed by atoms with Gasteiger partial charge in [-0.1, -0.05) is 39.5 Å². The quantitative estimate of drug-likeness (QED) is 0.341. The minimum atomic E-state index is -0.586. The highest BCUT2D eigenvalue weighted by Crippen LogP contribution is 2.13. The molecule has 0 aliphatic heterocycles. The van der Waals surface area contributed by atoms with Crippen LogP contribution in [0.5, 0.6) is 0 Å². The standard InChI is InChI=1S/C21H30F2O4/c1-16(2)14-26-20(24)9-7-5-3-4-6-8-10-21(25)27-15-17-13-18(22)11-12-19(17)23/h11-13,16H,3-10,14-15H2,1-2H3. The summed E-state index contributed by atoms with van der Waals surface area (Å²) in [6, 6.07) is 3.07. The van der Waals surface area contributed by atoms with Crippen LogP contribution in [0.1, 0.15) is 70.8 Å². The summed E-state index contributed by atoms with van der Waals surface area (Å²) in [5.41, 5.74) is 0.0373. The molecule has 0 amide bonds. The highest BCUT2D eigenvalue weighted by atomic mass is 19.1. The van der Waals surface area contributed by atoms with E-state index in [2.05, 4.69) is 0 Å². The van der Waals surface area contributed by atoms with Gasteiger partial charge in [0.1, 0.15) is 18.2 Å². The van der Waals surface area contributed by atoms with Crippen LogP contribution in [-0.2, 0) is 25.7 Å². The second kappa shape index (κ2) is 13.2. The predicted octanol–water partition coefficient (Wildman–Crippen LogP) is 5.33. The lowest BCUT2D eigenvalue weighted by atomic mass is 10.1. The minimum Gasteiger partial charge on any atom is -0.465 e. The molecule has 1 rings (SSSR count). The van der Waals surface area contributed by atoms with E-state index < -0.39 is 17.6 Å². The average molecular weight is 384 g/mol. The topological polar surface area (TPSA) is 52.6 Å². The summed E-state index contributed by atoms with van der Waals surface area (Å²) in [4.78, 5) is 23.1. The molecule has 0 spiro atoms. The second-order valence-corrected chi connectivity index (χ2v) is 7.09. The summed E-state index contributed by atoms with van der Waals surface area (Å²) < 4.78 is 36.5. The molecule has 0 N–H and O–H groups in total. The lowest BCUT2D eigenvalue weighted by molar-refractivity contribution is -0.146. The maximum Gasteiger partial charge on any atom is 0.306 e. The van der Waals surface area contributed by atoms with Crippen LogP contribution in [0.25, 0.3) is 0 Å². The zero-order valence-electron chi connectivity index (χ0n) is 16.3. The van der Waals surface area contributed by atoms with Crippen molar-refractivity contribution in [1.29, 1.82) is 0 Å². The molecule has 0 fully saturated rings. The summed E-state index contributed by atoms with van der Waals surface area (Å²) in [5, 5.41) is 0. The summed E-state index contributed by atoms with van der Waals surface area (Å²) >= 11 is 0. The maximum absolute atomic E-state index is 13.4. The molecule has 0 saturated heterocycles. The fourth-order valence-electron chi connectivity index (χ4n) is 2.46. The van der Waals surface area contributed by atoms with Crippen LogP contribution in [0.15, 0.2) is 18.2 Å². The van der Waals surface area contributed by atoms with Crippen LogP contribution >= 0.6 is 0 Å². The molecular formula is C21H30F2O4. The third kappa shape index (κ3) is 11.4. The predicted molar refractivity (Wildman–Crippen MR) is 98.9 cm³/mol. The monoisotopic (exact) mass is 384 g/mol. The molecule has 6 heteroatoms. The smallest absolute Gasteiger partial charge is 0.306 e. The zero-order valence-corrected chi connectivity index (χ0v) is 16.3. The Morgan fingerprint density at radius 3 is 2.04 bits per heavy atom. The number of benzene rings is 1. The van der Waals surface area contributed by atoms with Gasteiger partial charge in [0.15, 0.2) is 0 Å². The Morgan fingerprint density at radius 2 is 1.44 bits per heavy atom. The number of hydrogen-bond donors (Lipinski definition) is 0. The molecule has 4 nitrogen and oxygen atoms in total. The van der Waals surface area contributed by atoms with E-state index >= 15 is 0 Å². The Bertz CT molecular complexity index is 588. The summed E-state index contributed by atoms with van der Waals surface area (Å²) in [6.45, 7) is 4.22. The molecule has 0 atom stereocenters. The van der Waals surface area contributed by atoms with Gasteiger partial charge in [-0.3, -0.25) is 9.59 Å². The van der Waals surface area contributed by atoms with E-state index in [-0.39, 0.29) is 24.6 Å². The van der Waals surface area contributed by atoms with Gasteiger partial charge in [0, 0.05) is 18.4 Å². The number of ether oxygens (including phenoxy) is 2. The SMILES string of the molecule is CC(C)COC(=O)CCCCCCCCC(=O)OCc1cc(F)ccc1F. The van der Waals surface area contributed by atoms with Crippen molar-refractivity contribution in [3.63, 3.8) is 0 Å². The Kier molecular flexibility index (Phi) is 11.3. The molecule has 0 heterocycles. The van der Waals surface area contributed by atoms with Crippen molar-refractivity contribution in [3.8, 4) is 0 Å². The molecule has 0 unspecified atom stereocenters. The van der Waals surface area contributed by atoms with E-state index in [4.69, 9.17) is 9.47 Å². The van der Waals surface area contributed by atoms with E-state index in [1.807, 2.05) is 13.8 Å². The van der Waals surface area contributed by atoms with Crippen LogP contribution < -0.4 is 0 Å². The van der Waals surface area contributed by atoms with Gasteiger partial charge >= 0.3 is 11.9 Å². The van der Waals surface area contributed by atoms with Crippen molar-refractivity contribution in [1.82, 2.24) is 0 Å². The first kappa shape index (κ1) is 23.1. The lowest BCUT2D eigenvalue weighted by Gasteiger charge is -2.07. The van der Waals surface area contributed by atoms with Crippen molar-refractivity contribution in [2.24, 2.45) is 5.92 Å². The first-order valence-corrected chi connectivity index (χ1v) is 9.63. The zero-order chi connectivity index (χ0) is 20.1. The summed E-state index contributed by atoms with van der Waals surface area (Å²) in [7, 11) is 0. The number of carbonyl (C=O) groups excluding carboxylic acids is 2. The molecule has 0 aromatic heterocycles. The maximum atomic E-state index is 13.4. The number of hydrogen-bond acceptors (Lipinski definition) is 4. The van der Waals surface area contributed by atoms with Crippen LogP contribution in [-0.4, -0.2) is 18.5 Å². The van der Waals surface area contributed by atoms with Crippen LogP contribution in [0.3, 0.4) is 0 Å². The van der Waals surface area contributed by atoms with Crippen molar-refractivity contribution in [2.75, 3.05) is 6.61 Å². The fourth-order valence-corrected chi connectivity index (χ4v) is 2.46. The average Bonchev–Trinajstić information content (AvgIpc) is 2.62. The third-order valence-electron chi connectivity index (χ3n) is 3.99. The molecule has 1 aromatic carbocycles. The van der Waals surface area contributed by atoms with Gasteiger partial charge in [-0.05, 0) is 37.0 Å². The van der Waals surface area contributed by atoms with Crippen molar-refractivity contribution < 1.29 is 27.8 Å². The van der Waals surface area contributed by atoms with E-state index in [1.54, 1.807) is 0 Å². The molecule has 0 bridgehead atoms. The van der Waals surface area contributed by atoms with Crippen molar-refractivity contribution in [3.05, 3.63) is 35.4 Å². The molecule has 0 radical (unpaired) electrons. The minimum absolute atomic E-state index is 0.0373. The van der Waals surface area contributed by atoms with Gasteiger partial charge in [-0.2, -0.15) is 0 Å². The molecule has 27 heavy (non-hydrogen) atoms. The fraction of sp³-hybridized carbons (Fsp3) is 0.619. The summed E-state index contributed by atoms with van der Waals surface area (Å²) in [5.74, 6) is -1.34. The first-order chi connectivity index (χ1) is 12.9. The largest absolute Gasteiger partial charge is 0.465 e. The summed E-state index contributed by atoms with van der Waals surface area (Å²) in [6.07, 6.45) is 6.06. The molecule has 1 aromatic rings. The number of halogens is 2. The molecule has 152 valence electrons. The van der Waals surface area contributed by atoms with Gasteiger partial charge in [0.25, 0.3) is 0 Å². The van der Waals surface area contributed by atoms with E-state index in [1.165, 1.54) is 0 Å². The highest BCUT2D eigenvalue weighted by Gasteiger charge is 2.08. The van der Waals surface area contributed by atoms with Gasteiger partial charge in [0.2, 0.25) is 0 Å². The van der Waals surface area contributed by atoms with Crippen molar-refractivity contribution in [2.45, 2.75) is 71.8 Å². The van der Waals surface area contributed by atoms with E-state index in [9.17, 15) is 18.4 Å². The Labute approximate surface area is 160 Å². The Hall–Kier alpha value is -1.98. The molecular weight excluding hydrogens is 354 g/mol. The Morgan fingerprint density at radius 1 is 0.889 bits per heavy atom. The lowest BCUT2D eigenvalue weighted by Crippen LogP contribution is -2.09. The third-order valence-corrected chi connectivity index (χ3v) is 3.99. The Balaban J connectivity index is 1.99. The van der Waals surface area contributed by atoms with E-state index in [0.29, 0.717) is 25.4 Å². The highest BCUT2D eigenvalue weighted by molar-refractivity contribution is 5.69. The number of unbranched alkanes of at least 4 members (excludes halogenated alkanes) is 5. The van der Waals surface area contributed by atoms with Crippen LogP contribution in [0, 0.1) is 17.6 Å². The number of carbonyl (C=O) groups is 2. The first-order valence-electron chi connectivity index (χ1n) is 9.63. The normalized spacial score (nSPS) is 10.9. The number of esters is 2.